The van der Waals surface area contributed by atoms with E-state index in [2.05, 4.69) is 4.74 Å². The zero-order chi connectivity index (χ0) is 14.3. The summed E-state index contributed by atoms with van der Waals surface area (Å²) in [6.45, 7) is 1.50. The topological polar surface area (TPSA) is 104 Å². The molecule has 2 aliphatic rings. The minimum absolute atomic E-state index is 0.141. The summed E-state index contributed by atoms with van der Waals surface area (Å²) in [5.41, 5.74) is 0.234. The number of β-lactam (4-membered cyclic amide) rings is 1. The first-order valence-electron chi connectivity index (χ1n) is 5.91. The van der Waals surface area contributed by atoms with Crippen molar-refractivity contribution in [1.29, 1.82) is 0 Å². The standard InChI is InChI=1S/C12H15NO6/c1-5(14)9-7-3-6(4-8(15)19-2)10(12(17)18)13(7)11(9)16/h5,7,9,14H,3-4H2,1-2H3,(H,17,18)/t5-,7-,9-/m1/s1. The number of ether oxygens (including phenoxy) is 1. The van der Waals surface area contributed by atoms with E-state index in [1.807, 2.05) is 0 Å². The lowest BCUT2D eigenvalue weighted by atomic mass is 9.83. The van der Waals surface area contributed by atoms with Gasteiger partial charge in [0.2, 0.25) is 5.91 Å². The van der Waals surface area contributed by atoms with Gasteiger partial charge >= 0.3 is 11.9 Å². The van der Waals surface area contributed by atoms with Crippen LogP contribution in [0, 0.1) is 5.92 Å². The molecule has 3 atom stereocenters. The third-order valence-corrected chi connectivity index (χ3v) is 3.61. The van der Waals surface area contributed by atoms with Gasteiger partial charge in [-0.15, -0.1) is 0 Å². The fourth-order valence-electron chi connectivity index (χ4n) is 2.77. The van der Waals surface area contributed by atoms with Crippen molar-refractivity contribution in [3.05, 3.63) is 11.3 Å². The number of aliphatic hydroxyl groups is 1. The highest BCUT2D eigenvalue weighted by molar-refractivity contribution is 6.00. The summed E-state index contributed by atoms with van der Waals surface area (Å²) in [5.74, 6) is -2.78. The molecule has 0 aromatic rings. The molecule has 2 rings (SSSR count). The van der Waals surface area contributed by atoms with Crippen LogP contribution in [0.4, 0.5) is 0 Å². The van der Waals surface area contributed by atoms with Crippen molar-refractivity contribution >= 4 is 17.8 Å². The number of carboxylic acids is 1. The molecule has 1 fully saturated rings. The van der Waals surface area contributed by atoms with Gasteiger partial charge < -0.3 is 19.8 Å². The number of fused-ring (bicyclic) bond motifs is 1. The van der Waals surface area contributed by atoms with Crippen LogP contribution in [-0.2, 0) is 19.1 Å². The molecule has 7 heteroatoms. The summed E-state index contributed by atoms with van der Waals surface area (Å²) < 4.78 is 4.51. The Labute approximate surface area is 109 Å². The molecular weight excluding hydrogens is 254 g/mol. The SMILES string of the molecule is COC(=O)CC1=C(C(=O)O)N2C(=O)[C@H]([C@@H](C)O)[C@H]2C1. The zero-order valence-electron chi connectivity index (χ0n) is 10.6. The van der Waals surface area contributed by atoms with Gasteiger partial charge in [-0.2, -0.15) is 0 Å². The van der Waals surface area contributed by atoms with E-state index in [4.69, 9.17) is 5.11 Å². The number of nitrogens with zero attached hydrogens (tertiary/aromatic N) is 1. The number of hydrogen-bond donors (Lipinski definition) is 2. The number of aliphatic hydroxyl groups excluding tert-OH is 1. The number of hydrogen-bond acceptors (Lipinski definition) is 5. The van der Waals surface area contributed by atoms with Gasteiger partial charge in [0.1, 0.15) is 5.70 Å². The molecule has 104 valence electrons. The molecule has 2 aliphatic heterocycles. The summed E-state index contributed by atoms with van der Waals surface area (Å²) in [6.07, 6.45) is -0.690. The van der Waals surface area contributed by atoms with Crippen LogP contribution in [0.2, 0.25) is 0 Å². The number of esters is 1. The Kier molecular flexibility index (Phi) is 3.32. The van der Waals surface area contributed by atoms with Crippen molar-refractivity contribution in [3.63, 3.8) is 0 Å². The minimum atomic E-state index is -1.24. The molecule has 0 saturated carbocycles. The minimum Gasteiger partial charge on any atom is -0.477 e. The third kappa shape index (κ3) is 1.99. The molecule has 0 radical (unpaired) electrons. The highest BCUT2D eigenvalue weighted by Gasteiger charge is 2.56. The lowest BCUT2D eigenvalue weighted by molar-refractivity contribution is -0.161. The lowest BCUT2D eigenvalue weighted by Crippen LogP contribution is -2.61. The van der Waals surface area contributed by atoms with Gasteiger partial charge in [-0.1, -0.05) is 0 Å². The monoisotopic (exact) mass is 269 g/mol. The van der Waals surface area contributed by atoms with Crippen LogP contribution in [0.5, 0.6) is 0 Å². The van der Waals surface area contributed by atoms with Crippen molar-refractivity contribution in [2.75, 3.05) is 7.11 Å². The average Bonchev–Trinajstić information content (AvgIpc) is 2.63. The Morgan fingerprint density at radius 1 is 1.53 bits per heavy atom. The second-order valence-electron chi connectivity index (χ2n) is 4.76. The van der Waals surface area contributed by atoms with Crippen LogP contribution < -0.4 is 0 Å². The molecule has 0 aliphatic carbocycles. The van der Waals surface area contributed by atoms with E-state index in [1.54, 1.807) is 0 Å². The second kappa shape index (κ2) is 4.65. The molecule has 2 N–H and O–H groups in total. The van der Waals surface area contributed by atoms with Gasteiger partial charge in [-0.25, -0.2) is 4.79 Å². The van der Waals surface area contributed by atoms with Crippen molar-refractivity contribution in [1.82, 2.24) is 4.90 Å². The molecule has 0 unspecified atom stereocenters. The smallest absolute Gasteiger partial charge is 0.352 e. The van der Waals surface area contributed by atoms with E-state index in [1.165, 1.54) is 14.0 Å². The number of rotatable bonds is 4. The average molecular weight is 269 g/mol. The van der Waals surface area contributed by atoms with E-state index < -0.39 is 29.9 Å². The first-order chi connectivity index (χ1) is 8.88. The van der Waals surface area contributed by atoms with E-state index in [0.717, 1.165) is 4.90 Å². The van der Waals surface area contributed by atoms with Gasteiger partial charge in [0, 0.05) is 0 Å². The van der Waals surface area contributed by atoms with Gasteiger partial charge in [0.05, 0.1) is 31.6 Å². The van der Waals surface area contributed by atoms with E-state index in [9.17, 15) is 19.5 Å². The van der Waals surface area contributed by atoms with E-state index in [-0.39, 0.29) is 24.6 Å². The molecule has 2 heterocycles. The maximum Gasteiger partial charge on any atom is 0.352 e. The summed E-state index contributed by atoms with van der Waals surface area (Å²) in [5, 5.41) is 18.7. The van der Waals surface area contributed by atoms with Crippen LogP contribution in [0.25, 0.3) is 0 Å². The molecule has 7 nitrogen and oxygen atoms in total. The molecule has 0 aromatic heterocycles. The molecule has 19 heavy (non-hydrogen) atoms. The van der Waals surface area contributed by atoms with Crippen molar-refractivity contribution in [3.8, 4) is 0 Å². The lowest BCUT2D eigenvalue weighted by Gasteiger charge is -2.44. The van der Waals surface area contributed by atoms with Crippen LogP contribution in [0.3, 0.4) is 0 Å². The normalized spacial score (nSPS) is 26.9. The molecule has 1 saturated heterocycles. The Bertz CT molecular complexity index is 481. The van der Waals surface area contributed by atoms with Crippen LogP contribution in [-0.4, -0.2) is 52.2 Å². The number of carbonyl (C=O) groups is 3. The van der Waals surface area contributed by atoms with Crippen LogP contribution in [0.15, 0.2) is 11.3 Å². The number of methoxy groups -OCH3 is 1. The Morgan fingerprint density at radius 2 is 2.16 bits per heavy atom. The number of carbonyl (C=O) groups excluding carboxylic acids is 2. The number of aliphatic carboxylic acids is 1. The number of amides is 1. The van der Waals surface area contributed by atoms with Crippen molar-refractivity contribution in [2.45, 2.75) is 31.9 Å². The third-order valence-electron chi connectivity index (χ3n) is 3.61. The first-order valence-corrected chi connectivity index (χ1v) is 5.91. The predicted octanol–water partition coefficient (Wildman–Crippen LogP) is -0.500. The Morgan fingerprint density at radius 3 is 2.63 bits per heavy atom. The highest BCUT2D eigenvalue weighted by Crippen LogP contribution is 2.44. The summed E-state index contributed by atoms with van der Waals surface area (Å²) in [7, 11) is 1.22. The Balaban J connectivity index is 2.26. The largest absolute Gasteiger partial charge is 0.477 e. The molecule has 0 aromatic carbocycles. The first kappa shape index (κ1) is 13.5. The predicted molar refractivity (Wildman–Crippen MR) is 61.7 cm³/mol. The fraction of sp³-hybridized carbons (Fsp3) is 0.583. The van der Waals surface area contributed by atoms with Gasteiger partial charge in [0.25, 0.3) is 0 Å². The number of carboxylic acid groups (broad SMARTS) is 1. The quantitative estimate of drug-likeness (QED) is 0.526. The van der Waals surface area contributed by atoms with Crippen LogP contribution >= 0.6 is 0 Å². The fourth-order valence-corrected chi connectivity index (χ4v) is 2.77. The zero-order valence-corrected chi connectivity index (χ0v) is 10.6. The second-order valence-corrected chi connectivity index (χ2v) is 4.76. The van der Waals surface area contributed by atoms with Crippen molar-refractivity contribution < 1.29 is 29.3 Å². The van der Waals surface area contributed by atoms with Crippen molar-refractivity contribution in [2.24, 2.45) is 5.92 Å². The van der Waals surface area contributed by atoms with E-state index in [0.29, 0.717) is 5.57 Å². The summed E-state index contributed by atoms with van der Waals surface area (Å²) >= 11 is 0. The van der Waals surface area contributed by atoms with E-state index >= 15 is 0 Å². The molecular formula is C12H15NO6. The highest BCUT2D eigenvalue weighted by atomic mass is 16.5. The molecule has 0 bridgehead atoms. The maximum atomic E-state index is 11.9. The summed E-state index contributed by atoms with van der Waals surface area (Å²) in [4.78, 5) is 35.5. The maximum absolute atomic E-state index is 11.9. The Hall–Kier alpha value is -1.89. The molecule has 1 amide bonds. The summed E-state index contributed by atoms with van der Waals surface area (Å²) in [6, 6.07) is -0.363. The molecule has 0 spiro atoms. The van der Waals surface area contributed by atoms with Gasteiger partial charge in [0.15, 0.2) is 0 Å². The van der Waals surface area contributed by atoms with Crippen LogP contribution in [0.1, 0.15) is 19.8 Å². The van der Waals surface area contributed by atoms with Gasteiger partial charge in [-0.05, 0) is 18.9 Å². The van der Waals surface area contributed by atoms with Gasteiger partial charge in [-0.3, -0.25) is 9.59 Å².